The Hall–Kier alpha value is -3.52. The smallest absolute Gasteiger partial charge is 0.192 e. The predicted molar refractivity (Wildman–Crippen MR) is 121 cm³/mol. The first-order chi connectivity index (χ1) is 15.7. The molecule has 0 amide bonds. The summed E-state index contributed by atoms with van der Waals surface area (Å²) < 4.78 is 18.4. The highest BCUT2D eigenvalue weighted by molar-refractivity contribution is 7.99. The lowest BCUT2D eigenvalue weighted by Crippen LogP contribution is -2.07. The monoisotopic (exact) mass is 447 g/mol. The average Bonchev–Trinajstić information content (AvgIpc) is 3.58. The summed E-state index contributed by atoms with van der Waals surface area (Å²) in [6.07, 6.45) is 2.48. The molecule has 1 aliphatic heterocycles. The van der Waals surface area contributed by atoms with Gasteiger partial charge in [0.05, 0.1) is 32.3 Å². The van der Waals surface area contributed by atoms with Crippen LogP contribution in [-0.2, 0) is 13.0 Å². The molecule has 5 rings (SSSR count). The molecule has 32 heavy (non-hydrogen) atoms. The molecule has 0 spiro atoms. The number of hydrogen-bond acceptors (Lipinski definition) is 7. The Labute approximate surface area is 189 Å². The molecule has 8 heteroatoms. The summed E-state index contributed by atoms with van der Waals surface area (Å²) in [7, 11) is 1.63. The van der Waals surface area contributed by atoms with Crippen molar-refractivity contribution in [3.05, 3.63) is 77.7 Å². The Morgan fingerprint density at radius 3 is 2.94 bits per heavy atom. The number of thioether (sulfide) groups is 1. The van der Waals surface area contributed by atoms with E-state index in [1.54, 1.807) is 13.4 Å². The predicted octanol–water partition coefficient (Wildman–Crippen LogP) is 4.50. The molecule has 0 N–H and O–H groups in total. The van der Waals surface area contributed by atoms with Crippen molar-refractivity contribution in [2.75, 3.05) is 19.5 Å². The Morgan fingerprint density at radius 2 is 2.09 bits per heavy atom. The third kappa shape index (κ3) is 4.13. The van der Waals surface area contributed by atoms with Crippen molar-refractivity contribution in [2.45, 2.75) is 18.1 Å². The van der Waals surface area contributed by atoms with E-state index < -0.39 is 0 Å². The summed E-state index contributed by atoms with van der Waals surface area (Å²) in [5.74, 6) is 3.37. The maximum atomic E-state index is 12.9. The van der Waals surface area contributed by atoms with Gasteiger partial charge < -0.3 is 13.9 Å². The first kappa shape index (κ1) is 20.4. The fraction of sp³-hybridized carbons (Fsp3) is 0.208. The van der Waals surface area contributed by atoms with Crippen LogP contribution >= 0.6 is 11.8 Å². The van der Waals surface area contributed by atoms with E-state index in [2.05, 4.69) is 10.2 Å². The SMILES string of the molecule is COc1cccc(-c2nnc(SCC(=O)c3ccc4c(c3)CCO4)n2Cc2ccco2)c1. The number of methoxy groups -OCH3 is 1. The quantitative estimate of drug-likeness (QED) is 0.291. The van der Waals surface area contributed by atoms with Gasteiger partial charge in [0.1, 0.15) is 17.3 Å². The van der Waals surface area contributed by atoms with E-state index in [-0.39, 0.29) is 11.5 Å². The largest absolute Gasteiger partial charge is 0.497 e. The van der Waals surface area contributed by atoms with Gasteiger partial charge in [-0.3, -0.25) is 9.36 Å². The van der Waals surface area contributed by atoms with E-state index in [0.717, 1.165) is 34.8 Å². The number of ether oxygens (including phenoxy) is 2. The van der Waals surface area contributed by atoms with Crippen LogP contribution in [0, 0.1) is 0 Å². The van der Waals surface area contributed by atoms with Crippen LogP contribution in [0.3, 0.4) is 0 Å². The molecule has 0 bridgehead atoms. The molecular formula is C24H21N3O4S. The average molecular weight is 448 g/mol. The molecule has 0 radical (unpaired) electrons. The van der Waals surface area contributed by atoms with Gasteiger partial charge in [0.15, 0.2) is 16.8 Å². The van der Waals surface area contributed by atoms with E-state index >= 15 is 0 Å². The second kappa shape index (κ2) is 8.92. The van der Waals surface area contributed by atoms with Crippen LogP contribution in [-0.4, -0.2) is 40.0 Å². The van der Waals surface area contributed by atoms with Crippen molar-refractivity contribution in [3.8, 4) is 22.9 Å². The molecular weight excluding hydrogens is 426 g/mol. The summed E-state index contributed by atoms with van der Waals surface area (Å²) in [6, 6.07) is 17.0. The van der Waals surface area contributed by atoms with Crippen molar-refractivity contribution in [2.24, 2.45) is 0 Å². The number of nitrogens with zero attached hydrogens (tertiary/aromatic N) is 3. The number of rotatable bonds is 8. The van der Waals surface area contributed by atoms with Gasteiger partial charge in [0.2, 0.25) is 0 Å². The molecule has 2 aromatic carbocycles. The minimum absolute atomic E-state index is 0.0418. The molecule has 0 saturated carbocycles. The van der Waals surface area contributed by atoms with Gasteiger partial charge in [-0.15, -0.1) is 10.2 Å². The first-order valence-corrected chi connectivity index (χ1v) is 11.2. The molecule has 1 aliphatic rings. The Morgan fingerprint density at radius 1 is 1.16 bits per heavy atom. The van der Waals surface area contributed by atoms with Crippen molar-refractivity contribution in [3.63, 3.8) is 0 Å². The number of fused-ring (bicyclic) bond motifs is 1. The van der Waals surface area contributed by atoms with Gasteiger partial charge in [0, 0.05) is 17.5 Å². The number of carbonyl (C=O) groups is 1. The number of ketones is 1. The van der Waals surface area contributed by atoms with Crippen molar-refractivity contribution in [1.29, 1.82) is 0 Å². The number of hydrogen-bond donors (Lipinski definition) is 0. The van der Waals surface area contributed by atoms with Gasteiger partial charge in [-0.2, -0.15) is 0 Å². The summed E-state index contributed by atoms with van der Waals surface area (Å²) in [5.41, 5.74) is 2.65. The zero-order valence-corrected chi connectivity index (χ0v) is 18.3. The lowest BCUT2D eigenvalue weighted by Gasteiger charge is -2.10. The fourth-order valence-electron chi connectivity index (χ4n) is 3.65. The van der Waals surface area contributed by atoms with Crippen LogP contribution < -0.4 is 9.47 Å². The van der Waals surface area contributed by atoms with E-state index in [1.165, 1.54) is 11.8 Å². The minimum Gasteiger partial charge on any atom is -0.497 e. The molecule has 0 fully saturated rings. The number of aromatic nitrogens is 3. The zero-order chi connectivity index (χ0) is 21.9. The van der Waals surface area contributed by atoms with Crippen molar-refractivity contribution < 1.29 is 18.7 Å². The van der Waals surface area contributed by atoms with Gasteiger partial charge >= 0.3 is 0 Å². The normalized spacial score (nSPS) is 12.4. The zero-order valence-electron chi connectivity index (χ0n) is 17.5. The Bertz CT molecular complexity index is 1250. The molecule has 0 unspecified atom stereocenters. The van der Waals surface area contributed by atoms with Crippen molar-refractivity contribution >= 4 is 17.5 Å². The number of carbonyl (C=O) groups excluding carboxylic acids is 1. The van der Waals surface area contributed by atoms with Gasteiger partial charge in [0.25, 0.3) is 0 Å². The molecule has 7 nitrogen and oxygen atoms in total. The van der Waals surface area contributed by atoms with E-state index in [9.17, 15) is 4.79 Å². The van der Waals surface area contributed by atoms with Crippen LogP contribution in [0.4, 0.5) is 0 Å². The third-order valence-corrected chi connectivity index (χ3v) is 6.25. The number of benzene rings is 2. The van der Waals surface area contributed by atoms with E-state index in [0.29, 0.717) is 29.7 Å². The minimum atomic E-state index is 0.0418. The lowest BCUT2D eigenvalue weighted by molar-refractivity contribution is 0.102. The third-order valence-electron chi connectivity index (χ3n) is 5.28. The molecule has 162 valence electrons. The highest BCUT2D eigenvalue weighted by atomic mass is 32.2. The molecule has 4 aromatic rings. The Balaban J connectivity index is 1.40. The highest BCUT2D eigenvalue weighted by Gasteiger charge is 2.19. The maximum absolute atomic E-state index is 12.9. The van der Waals surface area contributed by atoms with E-state index in [1.807, 2.05) is 59.2 Å². The number of furan rings is 1. The maximum Gasteiger partial charge on any atom is 0.192 e. The highest BCUT2D eigenvalue weighted by Crippen LogP contribution is 2.29. The molecule has 2 aromatic heterocycles. The molecule has 0 atom stereocenters. The molecule has 0 saturated heterocycles. The Kier molecular flexibility index (Phi) is 5.68. The topological polar surface area (TPSA) is 79.4 Å². The van der Waals surface area contributed by atoms with Crippen LogP contribution in [0.25, 0.3) is 11.4 Å². The van der Waals surface area contributed by atoms with Crippen LogP contribution in [0.1, 0.15) is 21.7 Å². The van der Waals surface area contributed by atoms with E-state index in [4.69, 9.17) is 13.9 Å². The van der Waals surface area contributed by atoms with Crippen LogP contribution in [0.5, 0.6) is 11.5 Å². The molecule has 0 aliphatic carbocycles. The number of Topliss-reactive ketones (excluding diaryl/α,β-unsaturated/α-hetero) is 1. The summed E-state index contributed by atoms with van der Waals surface area (Å²) in [4.78, 5) is 12.9. The molecule has 3 heterocycles. The fourth-order valence-corrected chi connectivity index (χ4v) is 4.48. The first-order valence-electron chi connectivity index (χ1n) is 10.2. The lowest BCUT2D eigenvalue weighted by atomic mass is 10.1. The van der Waals surface area contributed by atoms with Crippen molar-refractivity contribution in [1.82, 2.24) is 14.8 Å². The second-order valence-electron chi connectivity index (χ2n) is 7.34. The van der Waals surface area contributed by atoms with Gasteiger partial charge in [-0.1, -0.05) is 23.9 Å². The van der Waals surface area contributed by atoms with Crippen LogP contribution in [0.2, 0.25) is 0 Å². The van der Waals surface area contributed by atoms with Gasteiger partial charge in [-0.05, 0) is 48.0 Å². The standard InChI is InChI=1S/C24H21N3O4S/c1-29-19-5-2-4-18(13-19)23-25-26-24(27(23)14-20-6-3-10-30-20)32-15-21(28)16-7-8-22-17(12-16)9-11-31-22/h2-8,10,12-13H,9,11,14-15H2,1H3. The van der Waals surface area contributed by atoms with Crippen LogP contribution in [0.15, 0.2) is 70.4 Å². The summed E-state index contributed by atoms with van der Waals surface area (Å²) in [5, 5.41) is 9.43. The summed E-state index contributed by atoms with van der Waals surface area (Å²) >= 11 is 1.37. The second-order valence-corrected chi connectivity index (χ2v) is 8.28. The van der Waals surface area contributed by atoms with Gasteiger partial charge in [-0.25, -0.2) is 0 Å². The summed E-state index contributed by atoms with van der Waals surface area (Å²) in [6.45, 7) is 1.13.